The van der Waals surface area contributed by atoms with Gasteiger partial charge < -0.3 is 14.6 Å². The molecule has 7 nitrogen and oxygen atoms in total. The van der Waals surface area contributed by atoms with E-state index in [0.29, 0.717) is 17.3 Å². The van der Waals surface area contributed by atoms with Gasteiger partial charge in [-0.05, 0) is 6.07 Å². The minimum Gasteiger partial charge on any atom is -0.486 e. The van der Waals surface area contributed by atoms with Gasteiger partial charge in [0.05, 0.1) is 25.2 Å². The molecule has 0 aliphatic heterocycles. The van der Waals surface area contributed by atoms with Crippen LogP contribution in [0.3, 0.4) is 0 Å². The summed E-state index contributed by atoms with van der Waals surface area (Å²) in [4.78, 5) is 15.0. The van der Waals surface area contributed by atoms with Crippen LogP contribution in [0.4, 0.5) is 0 Å². The number of aromatic nitrogens is 3. The molecule has 0 atom stereocenters. The van der Waals surface area contributed by atoms with Crippen LogP contribution in [-0.2, 0) is 13.7 Å². The number of carboxylic acid groups (broad SMARTS) is 1. The smallest absolute Gasteiger partial charge is 0.339 e. The minimum atomic E-state index is -1.03. The molecule has 100 valence electrons. The Balaban J connectivity index is 2.09. The predicted octanol–water partition coefficient (Wildman–Crippen LogP) is 1.10. The third-order valence-electron chi connectivity index (χ3n) is 2.59. The maximum absolute atomic E-state index is 11.0. The molecule has 2 rings (SSSR count). The fourth-order valence-corrected chi connectivity index (χ4v) is 1.54. The summed E-state index contributed by atoms with van der Waals surface area (Å²) in [7, 11) is 3.19. The quantitative estimate of drug-likeness (QED) is 0.869. The monoisotopic (exact) mass is 263 g/mol. The zero-order valence-corrected chi connectivity index (χ0v) is 10.5. The van der Waals surface area contributed by atoms with Crippen LogP contribution in [0.15, 0.2) is 24.5 Å². The lowest BCUT2D eigenvalue weighted by atomic mass is 10.2. The van der Waals surface area contributed by atoms with Gasteiger partial charge in [-0.15, -0.1) is 0 Å². The van der Waals surface area contributed by atoms with E-state index >= 15 is 0 Å². The average Bonchev–Trinajstić information content (AvgIpc) is 2.78. The van der Waals surface area contributed by atoms with Gasteiger partial charge in [0.25, 0.3) is 0 Å². The van der Waals surface area contributed by atoms with Crippen LogP contribution < -0.4 is 9.47 Å². The Morgan fingerprint density at radius 1 is 1.42 bits per heavy atom. The van der Waals surface area contributed by atoms with Crippen molar-refractivity contribution in [3.05, 3.63) is 35.8 Å². The molecule has 0 aliphatic rings. The highest BCUT2D eigenvalue weighted by molar-refractivity contribution is 5.88. The molecule has 0 bridgehead atoms. The number of ether oxygens (including phenoxy) is 2. The highest BCUT2D eigenvalue weighted by Crippen LogP contribution is 2.16. The predicted molar refractivity (Wildman–Crippen MR) is 65.3 cm³/mol. The molecule has 1 N–H and O–H groups in total. The van der Waals surface area contributed by atoms with Crippen molar-refractivity contribution in [1.82, 2.24) is 14.8 Å². The van der Waals surface area contributed by atoms with E-state index in [9.17, 15) is 4.79 Å². The topological polar surface area (TPSA) is 86.5 Å². The van der Waals surface area contributed by atoms with Gasteiger partial charge in [-0.2, -0.15) is 5.10 Å². The molecule has 7 heteroatoms. The normalized spacial score (nSPS) is 10.2. The van der Waals surface area contributed by atoms with Gasteiger partial charge in [0.15, 0.2) is 0 Å². The van der Waals surface area contributed by atoms with Crippen molar-refractivity contribution in [1.29, 1.82) is 0 Å². The van der Waals surface area contributed by atoms with E-state index in [1.165, 1.54) is 24.2 Å². The van der Waals surface area contributed by atoms with Gasteiger partial charge in [0.2, 0.25) is 5.88 Å². The summed E-state index contributed by atoms with van der Waals surface area (Å²) in [6, 6.07) is 3.36. The number of hydrogen-bond acceptors (Lipinski definition) is 5. The first kappa shape index (κ1) is 12.9. The molecular weight excluding hydrogens is 250 g/mol. The molecule has 0 saturated heterocycles. The summed E-state index contributed by atoms with van der Waals surface area (Å²) in [6.45, 7) is 0.103. The van der Waals surface area contributed by atoms with Crippen LogP contribution in [0.25, 0.3) is 0 Å². The van der Waals surface area contributed by atoms with Crippen molar-refractivity contribution in [2.24, 2.45) is 7.05 Å². The van der Waals surface area contributed by atoms with E-state index in [4.69, 9.17) is 14.6 Å². The van der Waals surface area contributed by atoms with Gasteiger partial charge in [-0.25, -0.2) is 9.78 Å². The third kappa shape index (κ3) is 2.82. The van der Waals surface area contributed by atoms with Crippen molar-refractivity contribution in [3.8, 4) is 11.6 Å². The molecule has 0 amide bonds. The highest BCUT2D eigenvalue weighted by atomic mass is 16.5. The first-order chi connectivity index (χ1) is 9.11. The van der Waals surface area contributed by atoms with E-state index < -0.39 is 5.97 Å². The fraction of sp³-hybridized carbons (Fsp3) is 0.250. The lowest BCUT2D eigenvalue weighted by Gasteiger charge is -2.07. The first-order valence-electron chi connectivity index (χ1n) is 5.49. The zero-order valence-electron chi connectivity index (χ0n) is 10.5. The Labute approximate surface area is 109 Å². The Kier molecular flexibility index (Phi) is 3.65. The first-order valence-corrected chi connectivity index (χ1v) is 5.49. The highest BCUT2D eigenvalue weighted by Gasteiger charge is 2.15. The summed E-state index contributed by atoms with van der Waals surface area (Å²) < 4.78 is 11.9. The number of methoxy groups -OCH3 is 1. The van der Waals surface area contributed by atoms with Gasteiger partial charge in [0.1, 0.15) is 17.9 Å². The van der Waals surface area contributed by atoms with Crippen LogP contribution >= 0.6 is 0 Å². The number of aromatic carboxylic acids is 1. The molecule has 19 heavy (non-hydrogen) atoms. The summed E-state index contributed by atoms with van der Waals surface area (Å²) >= 11 is 0. The molecule has 2 aromatic heterocycles. The molecule has 0 radical (unpaired) electrons. The van der Waals surface area contributed by atoms with Crippen LogP contribution in [0, 0.1) is 0 Å². The maximum Gasteiger partial charge on any atom is 0.339 e. The number of aryl methyl sites for hydroxylation is 1. The molecule has 0 aliphatic carbocycles. The minimum absolute atomic E-state index is 0.103. The number of rotatable bonds is 5. The average molecular weight is 263 g/mol. The molecule has 0 unspecified atom stereocenters. The van der Waals surface area contributed by atoms with Crippen molar-refractivity contribution in [2.75, 3.05) is 7.11 Å². The number of pyridine rings is 1. The van der Waals surface area contributed by atoms with E-state index in [2.05, 4.69) is 10.1 Å². The van der Waals surface area contributed by atoms with Gasteiger partial charge in [0, 0.05) is 13.1 Å². The van der Waals surface area contributed by atoms with Crippen LogP contribution in [-0.4, -0.2) is 33.0 Å². The Morgan fingerprint density at radius 3 is 2.79 bits per heavy atom. The van der Waals surface area contributed by atoms with E-state index in [1.807, 2.05) is 0 Å². The fourth-order valence-electron chi connectivity index (χ4n) is 1.54. The molecule has 0 fully saturated rings. The Morgan fingerprint density at radius 2 is 2.21 bits per heavy atom. The molecule has 2 heterocycles. The lowest BCUT2D eigenvalue weighted by molar-refractivity contribution is 0.0693. The molecule has 2 aromatic rings. The molecular formula is C12H13N3O4. The Hall–Kier alpha value is -2.57. The van der Waals surface area contributed by atoms with E-state index in [0.717, 1.165) is 0 Å². The number of hydrogen-bond donors (Lipinski definition) is 1. The van der Waals surface area contributed by atoms with Gasteiger partial charge >= 0.3 is 5.97 Å². The second-order valence-corrected chi connectivity index (χ2v) is 3.76. The number of carboxylic acids is 1. The van der Waals surface area contributed by atoms with Crippen molar-refractivity contribution < 1.29 is 19.4 Å². The zero-order chi connectivity index (χ0) is 13.8. The lowest BCUT2D eigenvalue weighted by Crippen LogP contribution is -2.08. The second kappa shape index (κ2) is 5.38. The summed E-state index contributed by atoms with van der Waals surface area (Å²) in [6.07, 6.45) is 2.81. The Bertz CT molecular complexity index is 577. The van der Waals surface area contributed by atoms with E-state index in [-0.39, 0.29) is 12.2 Å². The maximum atomic E-state index is 11.0. The number of carbonyl (C=O) groups is 1. The molecule has 0 saturated carbocycles. The van der Waals surface area contributed by atoms with Crippen molar-refractivity contribution in [3.63, 3.8) is 0 Å². The summed E-state index contributed by atoms with van der Waals surface area (Å²) in [5.41, 5.74) is 0.618. The van der Waals surface area contributed by atoms with E-state index in [1.54, 1.807) is 19.2 Å². The molecule has 0 spiro atoms. The SMILES string of the molecule is COc1ccc(OCc2c(C(=O)O)cnn2C)cn1. The van der Waals surface area contributed by atoms with Gasteiger partial charge in [-0.3, -0.25) is 4.68 Å². The second-order valence-electron chi connectivity index (χ2n) is 3.76. The summed E-state index contributed by atoms with van der Waals surface area (Å²) in [5.74, 6) is -0.0167. The summed E-state index contributed by atoms with van der Waals surface area (Å²) in [5, 5.41) is 12.9. The standard InChI is InChI=1S/C12H13N3O4/c1-15-10(9(6-14-15)12(16)17)7-19-8-3-4-11(18-2)13-5-8/h3-6H,7H2,1-2H3,(H,16,17). The number of nitrogens with zero attached hydrogens (tertiary/aromatic N) is 3. The van der Waals surface area contributed by atoms with Crippen LogP contribution in [0.2, 0.25) is 0 Å². The van der Waals surface area contributed by atoms with Gasteiger partial charge in [-0.1, -0.05) is 0 Å². The van der Waals surface area contributed by atoms with Crippen LogP contribution in [0.1, 0.15) is 16.1 Å². The van der Waals surface area contributed by atoms with Crippen molar-refractivity contribution in [2.45, 2.75) is 6.61 Å². The largest absolute Gasteiger partial charge is 0.486 e. The molecule has 0 aromatic carbocycles. The third-order valence-corrected chi connectivity index (χ3v) is 2.59. The van der Waals surface area contributed by atoms with Crippen LogP contribution in [0.5, 0.6) is 11.6 Å². The van der Waals surface area contributed by atoms with Crippen molar-refractivity contribution >= 4 is 5.97 Å².